The van der Waals surface area contributed by atoms with Crippen molar-refractivity contribution in [3.8, 4) is 0 Å². The minimum absolute atomic E-state index is 0.112. The number of nitrogen functional groups attached to an aromatic ring is 1. The first-order chi connectivity index (χ1) is 6.90. The van der Waals surface area contributed by atoms with E-state index in [0.29, 0.717) is 12.2 Å². The number of hydrogen-bond acceptors (Lipinski definition) is 4. The summed E-state index contributed by atoms with van der Waals surface area (Å²) in [6.07, 6.45) is 1.22. The zero-order valence-corrected chi connectivity index (χ0v) is 9.76. The summed E-state index contributed by atoms with van der Waals surface area (Å²) in [6.45, 7) is 2.31. The SMILES string of the molecule is Cc1cccc(N)c1NCCS(C)(=O)=O. The Balaban J connectivity index is 2.66. The number of benzene rings is 1. The molecule has 4 nitrogen and oxygen atoms in total. The fraction of sp³-hybridized carbons (Fsp3) is 0.400. The number of nitrogens with two attached hydrogens (primary N) is 1. The van der Waals surface area contributed by atoms with Crippen molar-refractivity contribution in [1.82, 2.24) is 0 Å². The van der Waals surface area contributed by atoms with Crippen molar-refractivity contribution in [3.63, 3.8) is 0 Å². The monoisotopic (exact) mass is 228 g/mol. The minimum Gasteiger partial charge on any atom is -0.397 e. The predicted molar refractivity (Wildman–Crippen MR) is 63.8 cm³/mol. The Morgan fingerprint density at radius 1 is 1.40 bits per heavy atom. The van der Waals surface area contributed by atoms with Gasteiger partial charge in [-0.25, -0.2) is 8.42 Å². The predicted octanol–water partition coefficient (Wildman–Crippen LogP) is 1.03. The number of sulfone groups is 1. The largest absolute Gasteiger partial charge is 0.397 e. The molecule has 0 spiro atoms. The first-order valence-corrected chi connectivity index (χ1v) is 6.73. The Labute approximate surface area is 90.4 Å². The second-order valence-corrected chi connectivity index (χ2v) is 5.86. The molecule has 1 aromatic rings. The first kappa shape index (κ1) is 11.8. The lowest BCUT2D eigenvalue weighted by Gasteiger charge is -2.11. The van der Waals surface area contributed by atoms with Gasteiger partial charge in [0, 0.05) is 12.8 Å². The standard InChI is InChI=1S/C10H16N2O2S/c1-8-4-3-5-9(11)10(8)12-6-7-15(2,13)14/h3-5,12H,6-7,11H2,1-2H3. The summed E-state index contributed by atoms with van der Waals surface area (Å²) in [6, 6.07) is 5.58. The van der Waals surface area contributed by atoms with Crippen LogP contribution in [0.4, 0.5) is 11.4 Å². The maximum absolute atomic E-state index is 10.9. The van der Waals surface area contributed by atoms with E-state index in [1.807, 2.05) is 19.1 Å². The van der Waals surface area contributed by atoms with E-state index < -0.39 is 9.84 Å². The first-order valence-electron chi connectivity index (χ1n) is 4.67. The Kier molecular flexibility index (Phi) is 3.57. The highest BCUT2D eigenvalue weighted by Crippen LogP contribution is 2.21. The molecule has 5 heteroatoms. The second-order valence-electron chi connectivity index (χ2n) is 3.60. The Morgan fingerprint density at radius 2 is 2.07 bits per heavy atom. The van der Waals surface area contributed by atoms with Gasteiger partial charge in [-0.2, -0.15) is 0 Å². The molecular formula is C10H16N2O2S. The van der Waals surface area contributed by atoms with Crippen LogP contribution in [0.2, 0.25) is 0 Å². The quantitative estimate of drug-likeness (QED) is 0.755. The van der Waals surface area contributed by atoms with Crippen molar-refractivity contribution in [2.24, 2.45) is 0 Å². The third-order valence-corrected chi connectivity index (χ3v) is 3.03. The summed E-state index contributed by atoms with van der Waals surface area (Å²) in [4.78, 5) is 0. The fourth-order valence-electron chi connectivity index (χ4n) is 1.29. The zero-order chi connectivity index (χ0) is 11.5. The van der Waals surface area contributed by atoms with E-state index in [0.717, 1.165) is 11.3 Å². The molecule has 15 heavy (non-hydrogen) atoms. The molecule has 0 bridgehead atoms. The molecule has 84 valence electrons. The topological polar surface area (TPSA) is 72.2 Å². The molecule has 3 N–H and O–H groups in total. The van der Waals surface area contributed by atoms with Gasteiger partial charge < -0.3 is 11.1 Å². The lowest BCUT2D eigenvalue weighted by atomic mass is 10.1. The van der Waals surface area contributed by atoms with Crippen molar-refractivity contribution in [3.05, 3.63) is 23.8 Å². The molecule has 0 amide bonds. The summed E-state index contributed by atoms with van der Waals surface area (Å²) in [5.41, 5.74) is 8.24. The summed E-state index contributed by atoms with van der Waals surface area (Å²) in [5.74, 6) is 0.112. The highest BCUT2D eigenvalue weighted by Gasteiger charge is 2.04. The van der Waals surface area contributed by atoms with Gasteiger partial charge in [0.25, 0.3) is 0 Å². The van der Waals surface area contributed by atoms with E-state index >= 15 is 0 Å². The van der Waals surface area contributed by atoms with E-state index in [1.165, 1.54) is 6.26 Å². The molecule has 0 aliphatic rings. The van der Waals surface area contributed by atoms with Crippen molar-refractivity contribution in [2.45, 2.75) is 6.92 Å². The highest BCUT2D eigenvalue weighted by atomic mass is 32.2. The van der Waals surface area contributed by atoms with Crippen LogP contribution in [0.5, 0.6) is 0 Å². The van der Waals surface area contributed by atoms with Crippen LogP contribution in [0.3, 0.4) is 0 Å². The van der Waals surface area contributed by atoms with Gasteiger partial charge >= 0.3 is 0 Å². The molecule has 0 unspecified atom stereocenters. The van der Waals surface area contributed by atoms with Crippen molar-refractivity contribution in [1.29, 1.82) is 0 Å². The molecule has 0 saturated carbocycles. The van der Waals surface area contributed by atoms with Crippen molar-refractivity contribution >= 4 is 21.2 Å². The Morgan fingerprint density at radius 3 is 2.60 bits per heavy atom. The highest BCUT2D eigenvalue weighted by molar-refractivity contribution is 7.90. The maximum atomic E-state index is 10.9. The summed E-state index contributed by atoms with van der Waals surface area (Å²) < 4.78 is 21.8. The number of hydrogen-bond donors (Lipinski definition) is 2. The van der Waals surface area contributed by atoms with Gasteiger partial charge in [0.1, 0.15) is 9.84 Å². The van der Waals surface area contributed by atoms with Gasteiger partial charge in [-0.15, -0.1) is 0 Å². The third kappa shape index (κ3) is 3.79. The average Bonchev–Trinajstić information content (AvgIpc) is 2.08. The molecule has 1 rings (SSSR count). The summed E-state index contributed by atoms with van der Waals surface area (Å²) in [7, 11) is -2.92. The van der Waals surface area contributed by atoms with E-state index in [4.69, 9.17) is 5.73 Å². The normalized spacial score (nSPS) is 11.3. The van der Waals surface area contributed by atoms with Gasteiger partial charge in [0.05, 0.1) is 17.1 Å². The Hall–Kier alpha value is -1.23. The number of nitrogens with one attached hydrogen (secondary N) is 1. The van der Waals surface area contributed by atoms with Crippen LogP contribution in [0.1, 0.15) is 5.56 Å². The van der Waals surface area contributed by atoms with Crippen LogP contribution in [-0.4, -0.2) is 27.0 Å². The summed E-state index contributed by atoms with van der Waals surface area (Å²) >= 11 is 0. The number of rotatable bonds is 4. The van der Waals surface area contributed by atoms with Gasteiger partial charge in [0.2, 0.25) is 0 Å². The van der Waals surface area contributed by atoms with Crippen molar-refractivity contribution in [2.75, 3.05) is 29.6 Å². The average molecular weight is 228 g/mol. The molecular weight excluding hydrogens is 212 g/mol. The zero-order valence-electron chi connectivity index (χ0n) is 8.95. The number of aryl methyl sites for hydroxylation is 1. The molecule has 0 aliphatic carbocycles. The molecule has 0 aliphatic heterocycles. The summed E-state index contributed by atoms with van der Waals surface area (Å²) in [5, 5.41) is 3.03. The molecule has 0 atom stereocenters. The lowest BCUT2D eigenvalue weighted by molar-refractivity contribution is 0.602. The maximum Gasteiger partial charge on any atom is 0.149 e. The van der Waals surface area contributed by atoms with E-state index in [9.17, 15) is 8.42 Å². The third-order valence-electron chi connectivity index (χ3n) is 2.08. The molecule has 0 aromatic heterocycles. The van der Waals surface area contributed by atoms with Gasteiger partial charge in [-0.05, 0) is 18.6 Å². The van der Waals surface area contributed by atoms with Crippen LogP contribution in [0.15, 0.2) is 18.2 Å². The fourth-order valence-corrected chi connectivity index (χ4v) is 1.77. The smallest absolute Gasteiger partial charge is 0.149 e. The molecule has 1 aromatic carbocycles. The number of anilines is 2. The van der Waals surface area contributed by atoms with Crippen LogP contribution in [0.25, 0.3) is 0 Å². The molecule has 0 heterocycles. The van der Waals surface area contributed by atoms with Crippen LogP contribution >= 0.6 is 0 Å². The Bertz CT molecular complexity index is 420. The number of para-hydroxylation sites is 1. The molecule has 0 fully saturated rings. The van der Waals surface area contributed by atoms with E-state index in [-0.39, 0.29) is 5.75 Å². The van der Waals surface area contributed by atoms with Crippen LogP contribution in [0, 0.1) is 6.92 Å². The van der Waals surface area contributed by atoms with Gasteiger partial charge in [0.15, 0.2) is 0 Å². The van der Waals surface area contributed by atoms with Gasteiger partial charge in [-0.1, -0.05) is 12.1 Å². The van der Waals surface area contributed by atoms with Crippen LogP contribution < -0.4 is 11.1 Å². The molecule has 0 saturated heterocycles. The lowest BCUT2D eigenvalue weighted by Crippen LogP contribution is -2.15. The molecule has 0 radical (unpaired) electrons. The van der Waals surface area contributed by atoms with E-state index in [1.54, 1.807) is 6.07 Å². The minimum atomic E-state index is -2.92. The van der Waals surface area contributed by atoms with Crippen LogP contribution in [-0.2, 0) is 9.84 Å². The van der Waals surface area contributed by atoms with Gasteiger partial charge in [-0.3, -0.25) is 0 Å². The van der Waals surface area contributed by atoms with Crippen molar-refractivity contribution < 1.29 is 8.42 Å². The second kappa shape index (κ2) is 4.53. The van der Waals surface area contributed by atoms with E-state index in [2.05, 4.69) is 5.32 Å².